The molecule has 1 aliphatic carbocycles. The SMILES string of the molecule is CC1CC(C)(C)CCC1Nc1cc(C(=O)O)c(F)cc1F. The third kappa shape index (κ3) is 3.52. The normalized spacial score (nSPS) is 24.6. The second-order valence-electron chi connectivity index (χ2n) is 6.75. The van der Waals surface area contributed by atoms with Gasteiger partial charge in [-0.3, -0.25) is 0 Å². The van der Waals surface area contributed by atoms with Crippen LogP contribution in [0.5, 0.6) is 0 Å². The van der Waals surface area contributed by atoms with Crippen molar-refractivity contribution in [3.8, 4) is 0 Å². The van der Waals surface area contributed by atoms with Crippen molar-refractivity contribution in [2.24, 2.45) is 11.3 Å². The van der Waals surface area contributed by atoms with Crippen LogP contribution >= 0.6 is 0 Å². The van der Waals surface area contributed by atoms with Crippen molar-refractivity contribution >= 4 is 11.7 Å². The lowest BCUT2D eigenvalue weighted by molar-refractivity contribution is 0.0692. The van der Waals surface area contributed by atoms with E-state index in [1.165, 1.54) is 0 Å². The van der Waals surface area contributed by atoms with Crippen LogP contribution in [0.1, 0.15) is 50.4 Å². The van der Waals surface area contributed by atoms with Crippen LogP contribution in [0.2, 0.25) is 0 Å². The zero-order valence-electron chi connectivity index (χ0n) is 12.5. The monoisotopic (exact) mass is 297 g/mol. The highest BCUT2D eigenvalue weighted by molar-refractivity contribution is 5.89. The zero-order valence-corrected chi connectivity index (χ0v) is 12.5. The summed E-state index contributed by atoms with van der Waals surface area (Å²) < 4.78 is 27.2. The van der Waals surface area contributed by atoms with E-state index < -0.39 is 23.2 Å². The fourth-order valence-corrected chi connectivity index (χ4v) is 3.18. The largest absolute Gasteiger partial charge is 0.478 e. The molecule has 0 radical (unpaired) electrons. The van der Waals surface area contributed by atoms with Gasteiger partial charge in [0.25, 0.3) is 0 Å². The Morgan fingerprint density at radius 3 is 2.57 bits per heavy atom. The van der Waals surface area contributed by atoms with Gasteiger partial charge in [0.1, 0.15) is 11.6 Å². The van der Waals surface area contributed by atoms with E-state index in [1.54, 1.807) is 0 Å². The summed E-state index contributed by atoms with van der Waals surface area (Å²) in [5.41, 5.74) is -0.182. The standard InChI is InChI=1S/C16H21F2NO2/c1-9-8-16(2,3)5-4-13(9)19-14-6-10(15(20)21)11(17)7-12(14)18/h6-7,9,13,19H,4-5,8H2,1-3H3,(H,20,21). The van der Waals surface area contributed by atoms with Crippen molar-refractivity contribution in [1.29, 1.82) is 0 Å². The molecule has 3 nitrogen and oxygen atoms in total. The number of aromatic carboxylic acids is 1. The molecule has 0 saturated heterocycles. The first kappa shape index (κ1) is 15.7. The third-order valence-electron chi connectivity index (χ3n) is 4.32. The average Bonchev–Trinajstić information content (AvgIpc) is 2.34. The first-order valence-electron chi connectivity index (χ1n) is 7.18. The molecule has 0 amide bonds. The summed E-state index contributed by atoms with van der Waals surface area (Å²) in [5.74, 6) is -2.86. The number of hydrogen-bond acceptors (Lipinski definition) is 2. The molecule has 116 valence electrons. The van der Waals surface area contributed by atoms with E-state index in [-0.39, 0.29) is 17.1 Å². The molecule has 2 atom stereocenters. The number of carbonyl (C=O) groups is 1. The number of benzene rings is 1. The summed E-state index contributed by atoms with van der Waals surface area (Å²) in [5, 5.41) is 12.0. The number of carboxylic acids is 1. The fraction of sp³-hybridized carbons (Fsp3) is 0.562. The van der Waals surface area contributed by atoms with E-state index in [1.807, 2.05) is 0 Å². The zero-order chi connectivity index (χ0) is 15.8. The van der Waals surface area contributed by atoms with Crippen molar-refractivity contribution in [3.05, 3.63) is 29.3 Å². The number of anilines is 1. The molecular weight excluding hydrogens is 276 g/mol. The van der Waals surface area contributed by atoms with Gasteiger partial charge in [0.2, 0.25) is 0 Å². The number of halogens is 2. The highest BCUT2D eigenvalue weighted by Crippen LogP contribution is 2.39. The van der Waals surface area contributed by atoms with Gasteiger partial charge in [-0.1, -0.05) is 20.8 Å². The molecule has 0 aliphatic heterocycles. The van der Waals surface area contributed by atoms with Crippen LogP contribution in [0.4, 0.5) is 14.5 Å². The van der Waals surface area contributed by atoms with Crippen LogP contribution in [0.3, 0.4) is 0 Å². The first-order valence-corrected chi connectivity index (χ1v) is 7.18. The molecule has 0 heterocycles. The van der Waals surface area contributed by atoms with Crippen molar-refractivity contribution in [1.82, 2.24) is 0 Å². The Balaban J connectivity index is 2.20. The number of rotatable bonds is 3. The minimum atomic E-state index is -1.40. The smallest absolute Gasteiger partial charge is 0.338 e. The molecule has 0 aromatic heterocycles. The van der Waals surface area contributed by atoms with Gasteiger partial charge in [-0.25, -0.2) is 13.6 Å². The molecule has 5 heteroatoms. The predicted octanol–water partition coefficient (Wildman–Crippen LogP) is 4.29. The van der Waals surface area contributed by atoms with E-state index in [0.29, 0.717) is 12.0 Å². The molecule has 0 bridgehead atoms. The van der Waals surface area contributed by atoms with Crippen molar-refractivity contribution < 1.29 is 18.7 Å². The quantitative estimate of drug-likeness (QED) is 0.875. The van der Waals surface area contributed by atoms with E-state index in [4.69, 9.17) is 5.11 Å². The Morgan fingerprint density at radius 1 is 1.33 bits per heavy atom. The predicted molar refractivity (Wildman–Crippen MR) is 77.5 cm³/mol. The highest BCUT2D eigenvalue weighted by Gasteiger charge is 2.32. The molecule has 1 fully saturated rings. The van der Waals surface area contributed by atoms with E-state index in [2.05, 4.69) is 26.1 Å². The number of nitrogens with one attached hydrogen (secondary N) is 1. The second kappa shape index (κ2) is 5.62. The lowest BCUT2D eigenvalue weighted by Gasteiger charge is -2.40. The van der Waals surface area contributed by atoms with Gasteiger partial charge in [-0.05, 0) is 36.7 Å². The van der Waals surface area contributed by atoms with Gasteiger partial charge in [-0.2, -0.15) is 0 Å². The highest BCUT2D eigenvalue weighted by atomic mass is 19.1. The maximum Gasteiger partial charge on any atom is 0.338 e. The van der Waals surface area contributed by atoms with Gasteiger partial charge in [0.05, 0.1) is 11.3 Å². The molecule has 1 saturated carbocycles. The Labute approximate surface area is 123 Å². The summed E-state index contributed by atoms with van der Waals surface area (Å²) in [4.78, 5) is 10.9. The van der Waals surface area contributed by atoms with Crippen LogP contribution in [0.15, 0.2) is 12.1 Å². The molecule has 2 N–H and O–H groups in total. The van der Waals surface area contributed by atoms with Crippen LogP contribution in [0, 0.1) is 23.0 Å². The Hall–Kier alpha value is -1.65. The van der Waals surface area contributed by atoms with E-state index >= 15 is 0 Å². The number of hydrogen-bond donors (Lipinski definition) is 2. The van der Waals surface area contributed by atoms with Gasteiger partial charge < -0.3 is 10.4 Å². The minimum absolute atomic E-state index is 0.0605. The lowest BCUT2D eigenvalue weighted by Crippen LogP contribution is -2.37. The van der Waals surface area contributed by atoms with Gasteiger partial charge in [0, 0.05) is 12.1 Å². The topological polar surface area (TPSA) is 49.3 Å². The van der Waals surface area contributed by atoms with Gasteiger partial charge in [0.15, 0.2) is 0 Å². The fourth-order valence-electron chi connectivity index (χ4n) is 3.18. The van der Waals surface area contributed by atoms with Gasteiger partial charge in [-0.15, -0.1) is 0 Å². The summed E-state index contributed by atoms with van der Waals surface area (Å²) in [7, 11) is 0. The average molecular weight is 297 g/mol. The molecular formula is C16H21F2NO2. The third-order valence-corrected chi connectivity index (χ3v) is 4.32. The molecule has 1 aliphatic rings. The summed E-state index contributed by atoms with van der Waals surface area (Å²) in [6.45, 7) is 6.51. The lowest BCUT2D eigenvalue weighted by atomic mass is 9.70. The Kier molecular flexibility index (Phi) is 4.21. The van der Waals surface area contributed by atoms with Gasteiger partial charge >= 0.3 is 5.97 Å². The molecule has 2 unspecified atom stereocenters. The minimum Gasteiger partial charge on any atom is -0.478 e. The van der Waals surface area contributed by atoms with E-state index in [0.717, 1.165) is 25.3 Å². The molecule has 1 aromatic carbocycles. The van der Waals surface area contributed by atoms with E-state index in [9.17, 15) is 13.6 Å². The Morgan fingerprint density at radius 2 is 2.00 bits per heavy atom. The maximum atomic E-state index is 13.8. The molecule has 2 rings (SSSR count). The van der Waals surface area contributed by atoms with Crippen molar-refractivity contribution in [2.45, 2.75) is 46.1 Å². The summed E-state index contributed by atoms with van der Waals surface area (Å²) in [6.07, 6.45) is 2.91. The van der Waals surface area contributed by atoms with Crippen molar-refractivity contribution in [2.75, 3.05) is 5.32 Å². The molecule has 21 heavy (non-hydrogen) atoms. The number of carboxylic acid groups (broad SMARTS) is 1. The summed E-state index contributed by atoms with van der Waals surface area (Å²) in [6, 6.07) is 1.74. The van der Waals surface area contributed by atoms with Crippen LogP contribution in [-0.2, 0) is 0 Å². The second-order valence-corrected chi connectivity index (χ2v) is 6.75. The van der Waals surface area contributed by atoms with Crippen molar-refractivity contribution in [3.63, 3.8) is 0 Å². The Bertz CT molecular complexity index is 557. The van der Waals surface area contributed by atoms with Crippen LogP contribution < -0.4 is 5.32 Å². The van der Waals surface area contributed by atoms with Crippen LogP contribution in [-0.4, -0.2) is 17.1 Å². The summed E-state index contributed by atoms with van der Waals surface area (Å²) >= 11 is 0. The maximum absolute atomic E-state index is 13.8. The molecule has 0 spiro atoms. The molecule has 1 aromatic rings. The first-order chi connectivity index (χ1) is 9.69. The van der Waals surface area contributed by atoms with Crippen LogP contribution in [0.25, 0.3) is 0 Å².